The van der Waals surface area contributed by atoms with E-state index in [0.29, 0.717) is 31.9 Å². The van der Waals surface area contributed by atoms with Crippen LogP contribution in [-0.2, 0) is 4.79 Å². The molecule has 130 valence electrons. The maximum absolute atomic E-state index is 12.3. The number of nitrogens with zero attached hydrogens (tertiary/aromatic N) is 3. The number of carbonyl (C=O) groups excluding carboxylic acids is 1. The van der Waals surface area contributed by atoms with Gasteiger partial charge < -0.3 is 9.64 Å². The minimum Gasteiger partial charge on any atom is -0.484 e. The molecule has 6 heteroatoms. The predicted molar refractivity (Wildman–Crippen MR) is 97.5 cm³/mol. The van der Waals surface area contributed by atoms with E-state index in [2.05, 4.69) is 11.0 Å². The van der Waals surface area contributed by atoms with Crippen molar-refractivity contribution in [3.8, 4) is 11.8 Å². The van der Waals surface area contributed by atoms with Gasteiger partial charge in [0.15, 0.2) is 6.61 Å². The topological polar surface area (TPSA) is 56.6 Å². The van der Waals surface area contributed by atoms with Crippen LogP contribution in [0.5, 0.6) is 5.75 Å². The highest BCUT2D eigenvalue weighted by atomic mass is 32.1. The number of aryl methyl sites for hydroxylation is 1. The molecule has 3 rings (SSSR count). The summed E-state index contributed by atoms with van der Waals surface area (Å²) >= 11 is 1.60. The van der Waals surface area contributed by atoms with Gasteiger partial charge in [0.25, 0.3) is 5.91 Å². The van der Waals surface area contributed by atoms with Crippen LogP contribution in [0.3, 0.4) is 0 Å². The molecule has 1 unspecified atom stereocenters. The minimum absolute atomic E-state index is 0.00939. The van der Waals surface area contributed by atoms with Crippen molar-refractivity contribution in [1.82, 2.24) is 9.80 Å². The van der Waals surface area contributed by atoms with Gasteiger partial charge in [-0.05, 0) is 30.5 Å². The van der Waals surface area contributed by atoms with Crippen LogP contribution in [0.25, 0.3) is 0 Å². The van der Waals surface area contributed by atoms with Crippen molar-refractivity contribution in [2.75, 3.05) is 32.8 Å². The first kappa shape index (κ1) is 17.5. The van der Waals surface area contributed by atoms with Crippen LogP contribution in [0, 0.1) is 18.3 Å². The smallest absolute Gasteiger partial charge is 0.260 e. The fourth-order valence-corrected chi connectivity index (χ4v) is 3.67. The third-order valence-corrected chi connectivity index (χ3v) is 5.28. The molecule has 0 saturated carbocycles. The summed E-state index contributed by atoms with van der Waals surface area (Å²) in [6, 6.07) is 13.8. The van der Waals surface area contributed by atoms with Crippen molar-refractivity contribution in [3.05, 3.63) is 52.2 Å². The number of nitriles is 1. The molecule has 0 N–H and O–H groups in total. The van der Waals surface area contributed by atoms with Gasteiger partial charge in [0.2, 0.25) is 0 Å². The van der Waals surface area contributed by atoms with Crippen LogP contribution in [0.4, 0.5) is 0 Å². The highest BCUT2D eigenvalue weighted by Gasteiger charge is 2.27. The number of hydrogen-bond donors (Lipinski definition) is 0. The van der Waals surface area contributed by atoms with Gasteiger partial charge in [0, 0.05) is 31.1 Å². The lowest BCUT2D eigenvalue weighted by Gasteiger charge is -2.36. The van der Waals surface area contributed by atoms with Crippen LogP contribution in [-0.4, -0.2) is 48.5 Å². The predicted octanol–water partition coefficient (Wildman–Crippen LogP) is 2.84. The molecule has 5 nitrogen and oxygen atoms in total. The molecule has 1 saturated heterocycles. The second kappa shape index (κ2) is 8.15. The number of piperazine rings is 1. The molecule has 2 heterocycles. The van der Waals surface area contributed by atoms with Crippen LogP contribution in [0.2, 0.25) is 0 Å². The zero-order chi connectivity index (χ0) is 17.6. The molecule has 0 spiro atoms. The average Bonchev–Trinajstić information content (AvgIpc) is 3.16. The summed E-state index contributed by atoms with van der Waals surface area (Å²) in [5, 5.41) is 11.5. The average molecular weight is 355 g/mol. The summed E-state index contributed by atoms with van der Waals surface area (Å²) in [5.74, 6) is 0.699. The fourth-order valence-electron chi connectivity index (χ4n) is 2.87. The Morgan fingerprint density at radius 1 is 1.24 bits per heavy atom. The SMILES string of the molecule is Cc1ccc(OCC(=O)N2CCN(C(C#N)c3cccs3)CC2)cc1. The normalized spacial score (nSPS) is 16.2. The summed E-state index contributed by atoms with van der Waals surface area (Å²) in [6.45, 7) is 4.72. The fraction of sp³-hybridized carbons (Fsp3) is 0.368. The molecular weight excluding hydrogens is 334 g/mol. The number of carbonyl (C=O) groups is 1. The van der Waals surface area contributed by atoms with Gasteiger partial charge in [-0.2, -0.15) is 5.26 Å². The Morgan fingerprint density at radius 3 is 2.56 bits per heavy atom. The van der Waals surface area contributed by atoms with Crippen LogP contribution in [0.1, 0.15) is 16.5 Å². The first-order valence-corrected chi connectivity index (χ1v) is 9.19. The number of thiophene rings is 1. The minimum atomic E-state index is -0.221. The first-order chi connectivity index (χ1) is 12.2. The number of amides is 1. The van der Waals surface area contributed by atoms with E-state index < -0.39 is 0 Å². The van der Waals surface area contributed by atoms with Gasteiger partial charge in [-0.15, -0.1) is 11.3 Å². The number of ether oxygens (including phenoxy) is 1. The van der Waals surface area contributed by atoms with Crippen molar-refractivity contribution < 1.29 is 9.53 Å². The number of rotatable bonds is 5. The third kappa shape index (κ3) is 4.38. The maximum atomic E-state index is 12.3. The van der Waals surface area contributed by atoms with Crippen LogP contribution in [0.15, 0.2) is 41.8 Å². The summed E-state index contributed by atoms with van der Waals surface area (Å²) < 4.78 is 5.57. The molecule has 1 fully saturated rings. The molecule has 1 atom stereocenters. The molecule has 1 aromatic carbocycles. The van der Waals surface area contributed by atoms with Crippen LogP contribution >= 0.6 is 11.3 Å². The van der Waals surface area contributed by atoms with Gasteiger partial charge in [0.1, 0.15) is 11.8 Å². The summed E-state index contributed by atoms with van der Waals surface area (Å²) in [4.78, 5) is 17.3. The summed E-state index contributed by atoms with van der Waals surface area (Å²) in [6.07, 6.45) is 0. The van der Waals surface area contributed by atoms with E-state index in [1.807, 2.05) is 53.6 Å². The first-order valence-electron chi connectivity index (χ1n) is 8.31. The molecule has 1 aliphatic rings. The van der Waals surface area contributed by atoms with Crippen molar-refractivity contribution in [2.45, 2.75) is 13.0 Å². The second-order valence-corrected chi connectivity index (χ2v) is 7.04. The molecule has 0 aliphatic carbocycles. The van der Waals surface area contributed by atoms with Gasteiger partial charge in [0.05, 0.1) is 6.07 Å². The van der Waals surface area contributed by atoms with E-state index in [1.165, 1.54) is 0 Å². The molecule has 1 amide bonds. The van der Waals surface area contributed by atoms with Gasteiger partial charge in [-0.1, -0.05) is 23.8 Å². The Morgan fingerprint density at radius 2 is 1.96 bits per heavy atom. The molecule has 1 aromatic heterocycles. The van der Waals surface area contributed by atoms with E-state index in [9.17, 15) is 10.1 Å². The lowest BCUT2D eigenvalue weighted by molar-refractivity contribution is -0.135. The molecule has 0 bridgehead atoms. The Kier molecular flexibility index (Phi) is 5.69. The second-order valence-electron chi connectivity index (χ2n) is 6.07. The largest absolute Gasteiger partial charge is 0.484 e. The van der Waals surface area contributed by atoms with Gasteiger partial charge in [-0.25, -0.2) is 0 Å². The lowest BCUT2D eigenvalue weighted by atomic mass is 10.2. The van der Waals surface area contributed by atoms with E-state index in [-0.39, 0.29) is 18.6 Å². The van der Waals surface area contributed by atoms with Crippen molar-refractivity contribution in [3.63, 3.8) is 0 Å². The molecule has 0 radical (unpaired) electrons. The zero-order valence-corrected chi connectivity index (χ0v) is 15.0. The Balaban J connectivity index is 1.49. The van der Waals surface area contributed by atoms with Crippen LogP contribution < -0.4 is 4.74 Å². The molecular formula is C19H21N3O2S. The number of hydrogen-bond acceptors (Lipinski definition) is 5. The molecule has 1 aliphatic heterocycles. The Labute approximate surface area is 152 Å². The maximum Gasteiger partial charge on any atom is 0.260 e. The van der Waals surface area contributed by atoms with E-state index >= 15 is 0 Å². The zero-order valence-electron chi connectivity index (χ0n) is 14.2. The van der Waals surface area contributed by atoms with E-state index in [0.717, 1.165) is 10.4 Å². The molecule has 25 heavy (non-hydrogen) atoms. The lowest BCUT2D eigenvalue weighted by Crippen LogP contribution is -2.50. The Bertz CT molecular complexity index is 729. The number of benzene rings is 1. The molecule has 2 aromatic rings. The van der Waals surface area contributed by atoms with Crippen molar-refractivity contribution >= 4 is 17.2 Å². The quantitative estimate of drug-likeness (QED) is 0.828. The summed E-state index contributed by atoms with van der Waals surface area (Å²) in [5.41, 5.74) is 1.16. The van der Waals surface area contributed by atoms with Gasteiger partial charge in [-0.3, -0.25) is 9.69 Å². The monoisotopic (exact) mass is 355 g/mol. The van der Waals surface area contributed by atoms with E-state index in [4.69, 9.17) is 4.74 Å². The third-order valence-electron chi connectivity index (χ3n) is 4.35. The van der Waals surface area contributed by atoms with E-state index in [1.54, 1.807) is 11.3 Å². The standard InChI is InChI=1S/C19H21N3O2S/c1-15-4-6-16(7-5-15)24-14-19(23)22-10-8-21(9-11-22)17(13-20)18-3-2-12-25-18/h2-7,12,17H,8-11,14H2,1H3. The van der Waals surface area contributed by atoms with Crippen molar-refractivity contribution in [1.29, 1.82) is 5.26 Å². The summed E-state index contributed by atoms with van der Waals surface area (Å²) in [7, 11) is 0. The highest BCUT2D eigenvalue weighted by Crippen LogP contribution is 2.25. The highest BCUT2D eigenvalue weighted by molar-refractivity contribution is 7.10. The van der Waals surface area contributed by atoms with Crippen molar-refractivity contribution in [2.24, 2.45) is 0 Å². The van der Waals surface area contributed by atoms with Gasteiger partial charge >= 0.3 is 0 Å². The Hall–Kier alpha value is -2.36.